The quantitative estimate of drug-likeness (QED) is 0.352. The van der Waals surface area contributed by atoms with Crippen LogP contribution in [-0.2, 0) is 26.2 Å². The third kappa shape index (κ3) is 9.67. The van der Waals surface area contributed by atoms with Crippen LogP contribution in [0.15, 0.2) is 42.5 Å². The van der Waals surface area contributed by atoms with Gasteiger partial charge in [-0.2, -0.15) is 0 Å². The van der Waals surface area contributed by atoms with E-state index in [4.69, 9.17) is 34.8 Å². The van der Waals surface area contributed by atoms with Crippen molar-refractivity contribution in [3.05, 3.63) is 63.1 Å². The molecular weight excluding hydrogens is 557 g/mol. The Morgan fingerprint density at radius 3 is 2.24 bits per heavy atom. The highest BCUT2D eigenvalue weighted by molar-refractivity contribution is 7.92. The van der Waals surface area contributed by atoms with Gasteiger partial charge in [0.2, 0.25) is 21.8 Å². The molecule has 2 amide bonds. The number of rotatable bonds is 11. The fraction of sp³-hybridized carbons (Fsp3) is 0.462. The van der Waals surface area contributed by atoms with E-state index in [1.807, 2.05) is 27.7 Å². The number of amides is 2. The van der Waals surface area contributed by atoms with E-state index in [9.17, 15) is 18.0 Å². The van der Waals surface area contributed by atoms with Gasteiger partial charge < -0.3 is 10.2 Å². The van der Waals surface area contributed by atoms with Gasteiger partial charge in [-0.25, -0.2) is 8.42 Å². The van der Waals surface area contributed by atoms with Gasteiger partial charge in [0, 0.05) is 30.1 Å². The first kappa shape index (κ1) is 31.2. The smallest absolute Gasteiger partial charge is 0.243 e. The lowest BCUT2D eigenvalue weighted by atomic mass is 10.0. The molecule has 0 aliphatic heterocycles. The van der Waals surface area contributed by atoms with Gasteiger partial charge in [-0.1, -0.05) is 53.9 Å². The molecule has 7 nitrogen and oxygen atoms in total. The first-order valence-corrected chi connectivity index (χ1v) is 14.9. The number of halogens is 3. The monoisotopic (exact) mass is 589 g/mol. The average molecular weight is 591 g/mol. The minimum atomic E-state index is -3.61. The zero-order valence-electron chi connectivity index (χ0n) is 21.7. The van der Waals surface area contributed by atoms with Crippen molar-refractivity contribution in [2.75, 3.05) is 17.1 Å². The third-order valence-corrected chi connectivity index (χ3v) is 7.64. The van der Waals surface area contributed by atoms with Gasteiger partial charge in [0.15, 0.2) is 0 Å². The first-order valence-electron chi connectivity index (χ1n) is 11.9. The number of nitrogens with zero attached hydrogens (tertiary/aromatic N) is 2. The topological polar surface area (TPSA) is 86.8 Å². The van der Waals surface area contributed by atoms with Crippen molar-refractivity contribution in [3.63, 3.8) is 0 Å². The summed E-state index contributed by atoms with van der Waals surface area (Å²) in [4.78, 5) is 28.1. The van der Waals surface area contributed by atoms with Gasteiger partial charge >= 0.3 is 0 Å². The highest BCUT2D eigenvalue weighted by atomic mass is 35.5. The van der Waals surface area contributed by atoms with Gasteiger partial charge in [-0.05, 0) is 69.5 Å². The Morgan fingerprint density at radius 1 is 1.03 bits per heavy atom. The first-order chi connectivity index (χ1) is 17.1. The molecule has 2 aromatic carbocycles. The molecule has 37 heavy (non-hydrogen) atoms. The molecule has 2 aromatic rings. The number of carbonyl (C=O) groups is 2. The fourth-order valence-corrected chi connectivity index (χ4v) is 5.30. The van der Waals surface area contributed by atoms with Crippen LogP contribution in [0.3, 0.4) is 0 Å². The number of anilines is 1. The molecule has 0 aliphatic carbocycles. The summed E-state index contributed by atoms with van der Waals surface area (Å²) in [7, 11) is -3.61. The maximum atomic E-state index is 13.5. The highest BCUT2D eigenvalue weighted by Gasteiger charge is 2.31. The molecule has 0 heterocycles. The van der Waals surface area contributed by atoms with Crippen LogP contribution < -0.4 is 9.62 Å². The molecule has 0 radical (unpaired) electrons. The Morgan fingerprint density at radius 2 is 1.70 bits per heavy atom. The molecule has 0 saturated carbocycles. The number of nitrogens with one attached hydrogen (secondary N) is 1. The molecule has 11 heteroatoms. The van der Waals surface area contributed by atoms with Crippen molar-refractivity contribution in [2.45, 2.75) is 65.1 Å². The summed E-state index contributed by atoms with van der Waals surface area (Å²) in [6.07, 6.45) is 1.78. The molecule has 0 aromatic heterocycles. The van der Waals surface area contributed by atoms with Gasteiger partial charge in [0.1, 0.15) is 6.04 Å². The molecule has 0 saturated heterocycles. The predicted molar refractivity (Wildman–Crippen MR) is 152 cm³/mol. The number of benzene rings is 2. The standard InChI is InChI=1S/C26H34Cl3N3O4S/c1-6-23(25(34)30-26(2,3)4)31(17-18-12-13-21(28)22(29)15-18)24(33)11-8-14-32(37(5,35)36)20-10-7-9-19(27)16-20/h7,9-10,12-13,15-16,23H,6,8,11,14,17H2,1-5H3,(H,30,34)/t23-/m0/s1. The minimum absolute atomic E-state index is 0.0349. The van der Waals surface area contributed by atoms with E-state index in [1.165, 1.54) is 9.21 Å². The van der Waals surface area contributed by atoms with E-state index in [-0.39, 0.29) is 37.7 Å². The summed E-state index contributed by atoms with van der Waals surface area (Å²) in [6.45, 7) is 7.69. The maximum absolute atomic E-state index is 13.5. The van der Waals surface area contributed by atoms with Crippen molar-refractivity contribution < 1.29 is 18.0 Å². The largest absolute Gasteiger partial charge is 0.350 e. The Labute approximate surface area is 235 Å². The van der Waals surface area contributed by atoms with Gasteiger partial charge in [-0.3, -0.25) is 13.9 Å². The van der Waals surface area contributed by atoms with Crippen molar-refractivity contribution in [2.24, 2.45) is 0 Å². The summed E-state index contributed by atoms with van der Waals surface area (Å²) >= 11 is 18.3. The van der Waals surface area contributed by atoms with Crippen molar-refractivity contribution >= 4 is 62.3 Å². The average Bonchev–Trinajstić information content (AvgIpc) is 2.76. The molecule has 1 N–H and O–H groups in total. The number of hydrogen-bond acceptors (Lipinski definition) is 4. The maximum Gasteiger partial charge on any atom is 0.243 e. The van der Waals surface area contributed by atoms with Crippen LogP contribution in [-0.4, -0.2) is 49.5 Å². The SMILES string of the molecule is CC[C@@H](C(=O)NC(C)(C)C)N(Cc1ccc(Cl)c(Cl)c1)C(=O)CCCN(c1cccc(Cl)c1)S(C)(=O)=O. The molecule has 0 unspecified atom stereocenters. The lowest BCUT2D eigenvalue weighted by molar-refractivity contribution is -0.142. The lowest BCUT2D eigenvalue weighted by Gasteiger charge is -2.33. The fourth-order valence-electron chi connectivity index (χ4n) is 3.84. The molecule has 0 fully saturated rings. The molecule has 0 spiro atoms. The molecule has 204 valence electrons. The second-order valence-electron chi connectivity index (χ2n) is 9.85. The zero-order valence-corrected chi connectivity index (χ0v) is 24.8. The minimum Gasteiger partial charge on any atom is -0.350 e. The Bertz CT molecular complexity index is 1220. The van der Waals surface area contributed by atoms with Crippen LogP contribution in [0.25, 0.3) is 0 Å². The molecule has 1 atom stereocenters. The summed E-state index contributed by atoms with van der Waals surface area (Å²) in [5.74, 6) is -0.540. The number of carbonyl (C=O) groups excluding carboxylic acids is 2. The Kier molecular flexibility index (Phi) is 11.1. The summed E-state index contributed by atoms with van der Waals surface area (Å²) in [5.41, 5.74) is 0.669. The summed E-state index contributed by atoms with van der Waals surface area (Å²) < 4.78 is 26.1. The van der Waals surface area contributed by atoms with E-state index >= 15 is 0 Å². The van der Waals surface area contributed by atoms with Crippen LogP contribution in [0, 0.1) is 0 Å². The van der Waals surface area contributed by atoms with Crippen LogP contribution in [0.5, 0.6) is 0 Å². The van der Waals surface area contributed by atoms with Crippen molar-refractivity contribution in [1.82, 2.24) is 10.2 Å². The van der Waals surface area contributed by atoms with Crippen molar-refractivity contribution in [3.8, 4) is 0 Å². The second-order valence-corrected chi connectivity index (χ2v) is 13.0. The summed E-state index contributed by atoms with van der Waals surface area (Å²) in [5, 5.41) is 4.10. The van der Waals surface area contributed by atoms with Gasteiger partial charge in [-0.15, -0.1) is 0 Å². The molecule has 0 bridgehead atoms. The molecule has 0 aliphatic rings. The van der Waals surface area contributed by atoms with E-state index in [1.54, 1.807) is 42.5 Å². The third-order valence-electron chi connectivity index (χ3n) is 5.47. The van der Waals surface area contributed by atoms with Crippen LogP contribution in [0.4, 0.5) is 5.69 Å². The molecule has 2 rings (SSSR count). The second kappa shape index (κ2) is 13.2. The Balaban J connectivity index is 2.27. The van der Waals surface area contributed by atoms with Crippen molar-refractivity contribution in [1.29, 1.82) is 0 Å². The van der Waals surface area contributed by atoms with Crippen LogP contribution in [0.1, 0.15) is 52.5 Å². The normalized spacial score (nSPS) is 12.6. The van der Waals surface area contributed by atoms with E-state index in [0.717, 1.165) is 11.8 Å². The molecular formula is C26H34Cl3N3O4S. The predicted octanol–water partition coefficient (Wildman–Crippen LogP) is 5.92. The van der Waals surface area contributed by atoms with E-state index < -0.39 is 21.6 Å². The zero-order chi connectivity index (χ0) is 28.0. The Hall–Kier alpha value is -2.00. The van der Waals surface area contributed by atoms with E-state index in [2.05, 4.69) is 5.32 Å². The van der Waals surface area contributed by atoms with Crippen LogP contribution >= 0.6 is 34.8 Å². The number of sulfonamides is 1. The number of hydrogen-bond donors (Lipinski definition) is 1. The van der Waals surface area contributed by atoms with Crippen LogP contribution in [0.2, 0.25) is 15.1 Å². The van der Waals surface area contributed by atoms with Gasteiger partial charge in [0.05, 0.1) is 22.0 Å². The van der Waals surface area contributed by atoms with E-state index in [0.29, 0.717) is 27.2 Å². The summed E-state index contributed by atoms with van der Waals surface area (Å²) in [6, 6.07) is 10.9. The lowest BCUT2D eigenvalue weighted by Crippen LogP contribution is -2.53. The van der Waals surface area contributed by atoms with Gasteiger partial charge in [0.25, 0.3) is 0 Å². The highest BCUT2D eigenvalue weighted by Crippen LogP contribution is 2.25.